The van der Waals surface area contributed by atoms with Crippen LogP contribution in [0.5, 0.6) is 0 Å². The van der Waals surface area contributed by atoms with E-state index in [4.69, 9.17) is 0 Å². The van der Waals surface area contributed by atoms with Crippen LogP contribution in [0.3, 0.4) is 0 Å². The molecule has 2 N–H and O–H groups in total. The first-order chi connectivity index (χ1) is 9.60. The minimum Gasteiger partial charge on any atom is -0.379 e. The van der Waals surface area contributed by atoms with Crippen molar-refractivity contribution in [2.24, 2.45) is 5.92 Å². The number of hydrogen-bond acceptors (Lipinski definition) is 2. The number of rotatable bonds is 5. The van der Waals surface area contributed by atoms with Gasteiger partial charge in [0.25, 0.3) is 0 Å². The molecule has 2 rings (SSSR count). The summed E-state index contributed by atoms with van der Waals surface area (Å²) in [7, 11) is 1.90. The Morgan fingerprint density at radius 1 is 0.850 bits per heavy atom. The van der Waals surface area contributed by atoms with Crippen LogP contribution >= 0.6 is 0 Å². The van der Waals surface area contributed by atoms with Gasteiger partial charge in [-0.05, 0) is 24.1 Å². The van der Waals surface area contributed by atoms with E-state index in [9.17, 15) is 5.11 Å². The van der Waals surface area contributed by atoms with Gasteiger partial charge in [-0.2, -0.15) is 0 Å². The first-order valence-electron chi connectivity index (χ1n) is 7.11. The maximum atomic E-state index is 11.5. The van der Waals surface area contributed by atoms with Crippen molar-refractivity contribution in [2.75, 3.05) is 7.05 Å². The summed E-state index contributed by atoms with van der Waals surface area (Å²) in [6, 6.07) is 19.7. The fraction of sp³-hybridized carbons (Fsp3) is 0.333. The molecular formula is C18H23NO. The predicted molar refractivity (Wildman–Crippen MR) is 83.6 cm³/mol. The van der Waals surface area contributed by atoms with E-state index in [0.29, 0.717) is 5.92 Å². The van der Waals surface area contributed by atoms with Crippen LogP contribution in [-0.2, 0) is 5.60 Å². The lowest BCUT2D eigenvalue weighted by Gasteiger charge is -2.39. The molecule has 0 spiro atoms. The molecule has 0 aromatic heterocycles. The highest BCUT2D eigenvalue weighted by molar-refractivity contribution is 5.38. The van der Waals surface area contributed by atoms with E-state index in [2.05, 4.69) is 19.2 Å². The summed E-state index contributed by atoms with van der Waals surface area (Å²) in [6.45, 7) is 4.25. The van der Waals surface area contributed by atoms with Crippen molar-refractivity contribution in [3.05, 3.63) is 71.8 Å². The second-order valence-electron chi connectivity index (χ2n) is 5.51. The highest BCUT2D eigenvalue weighted by atomic mass is 16.3. The number of hydrogen-bond donors (Lipinski definition) is 2. The topological polar surface area (TPSA) is 32.3 Å². The SMILES string of the molecule is CN[C@@H](C(C)C)C(O)(c1ccccc1)c1ccccc1. The molecule has 0 heterocycles. The van der Waals surface area contributed by atoms with Gasteiger partial charge in [-0.25, -0.2) is 0 Å². The fourth-order valence-corrected chi connectivity index (χ4v) is 2.93. The summed E-state index contributed by atoms with van der Waals surface area (Å²) in [5.41, 5.74) is 0.796. The van der Waals surface area contributed by atoms with E-state index in [1.807, 2.05) is 67.7 Å². The highest BCUT2D eigenvalue weighted by Gasteiger charge is 2.40. The van der Waals surface area contributed by atoms with Gasteiger partial charge in [-0.3, -0.25) is 0 Å². The van der Waals surface area contributed by atoms with Crippen LogP contribution in [0.25, 0.3) is 0 Å². The van der Waals surface area contributed by atoms with Crippen LogP contribution in [0.15, 0.2) is 60.7 Å². The summed E-state index contributed by atoms with van der Waals surface area (Å²) >= 11 is 0. The quantitative estimate of drug-likeness (QED) is 0.874. The van der Waals surface area contributed by atoms with Gasteiger partial charge in [0.2, 0.25) is 0 Å². The van der Waals surface area contributed by atoms with Gasteiger partial charge in [-0.1, -0.05) is 74.5 Å². The molecule has 0 unspecified atom stereocenters. The Balaban J connectivity index is 2.60. The molecule has 2 aromatic rings. The normalized spacial score (nSPS) is 13.4. The molecule has 0 aliphatic heterocycles. The third kappa shape index (κ3) is 2.62. The van der Waals surface area contributed by atoms with Crippen molar-refractivity contribution >= 4 is 0 Å². The molecule has 1 atom stereocenters. The van der Waals surface area contributed by atoms with Crippen molar-refractivity contribution in [2.45, 2.75) is 25.5 Å². The predicted octanol–water partition coefficient (Wildman–Crippen LogP) is 3.17. The van der Waals surface area contributed by atoms with Gasteiger partial charge in [0.1, 0.15) is 5.60 Å². The van der Waals surface area contributed by atoms with E-state index in [1.165, 1.54) is 0 Å². The largest absolute Gasteiger partial charge is 0.379 e. The molecule has 0 aliphatic rings. The Bertz CT molecular complexity index is 482. The van der Waals surface area contributed by atoms with Crippen LogP contribution < -0.4 is 5.32 Å². The van der Waals surface area contributed by atoms with Crippen molar-refractivity contribution in [1.29, 1.82) is 0 Å². The summed E-state index contributed by atoms with van der Waals surface area (Å²) in [4.78, 5) is 0. The minimum absolute atomic E-state index is 0.0627. The molecule has 2 nitrogen and oxygen atoms in total. The van der Waals surface area contributed by atoms with E-state index >= 15 is 0 Å². The zero-order valence-electron chi connectivity index (χ0n) is 12.4. The standard InChI is InChI=1S/C18H23NO/c1-14(2)17(19-3)18(20,15-10-6-4-7-11-15)16-12-8-5-9-13-16/h4-14,17,19-20H,1-3H3/t17-/m0/s1. The van der Waals surface area contributed by atoms with Crippen molar-refractivity contribution in [3.8, 4) is 0 Å². The van der Waals surface area contributed by atoms with Gasteiger partial charge < -0.3 is 10.4 Å². The molecule has 106 valence electrons. The van der Waals surface area contributed by atoms with Crippen LogP contribution in [0.2, 0.25) is 0 Å². The zero-order valence-corrected chi connectivity index (χ0v) is 12.4. The highest BCUT2D eigenvalue weighted by Crippen LogP contribution is 2.35. The lowest BCUT2D eigenvalue weighted by atomic mass is 9.76. The molecule has 0 saturated heterocycles. The Morgan fingerprint density at radius 3 is 1.55 bits per heavy atom. The summed E-state index contributed by atoms with van der Waals surface area (Å²) in [5, 5.41) is 14.8. The Hall–Kier alpha value is -1.64. The van der Waals surface area contributed by atoms with Crippen molar-refractivity contribution < 1.29 is 5.11 Å². The monoisotopic (exact) mass is 269 g/mol. The smallest absolute Gasteiger partial charge is 0.130 e. The van der Waals surface area contributed by atoms with Crippen LogP contribution in [0.1, 0.15) is 25.0 Å². The van der Waals surface area contributed by atoms with Gasteiger partial charge in [0.05, 0.1) is 0 Å². The van der Waals surface area contributed by atoms with Crippen LogP contribution in [0, 0.1) is 5.92 Å². The molecule has 2 aromatic carbocycles. The fourth-order valence-electron chi connectivity index (χ4n) is 2.93. The molecule has 0 aliphatic carbocycles. The summed E-state index contributed by atoms with van der Waals surface area (Å²) in [6.07, 6.45) is 0. The first kappa shape index (κ1) is 14.8. The van der Waals surface area contributed by atoms with Gasteiger partial charge in [0.15, 0.2) is 0 Å². The second kappa shape index (κ2) is 6.21. The van der Waals surface area contributed by atoms with Crippen LogP contribution in [-0.4, -0.2) is 18.2 Å². The maximum Gasteiger partial charge on any atom is 0.130 e. The summed E-state index contributed by atoms with van der Waals surface area (Å²) in [5.74, 6) is 0.297. The van der Waals surface area contributed by atoms with Crippen molar-refractivity contribution in [1.82, 2.24) is 5.32 Å². The number of likely N-dealkylation sites (N-methyl/N-ethyl adjacent to an activating group) is 1. The number of benzene rings is 2. The van der Waals surface area contributed by atoms with Crippen LogP contribution in [0.4, 0.5) is 0 Å². The van der Waals surface area contributed by atoms with Gasteiger partial charge in [0, 0.05) is 6.04 Å². The minimum atomic E-state index is -1.04. The molecular weight excluding hydrogens is 246 g/mol. The first-order valence-corrected chi connectivity index (χ1v) is 7.11. The lowest BCUT2D eigenvalue weighted by Crippen LogP contribution is -2.51. The number of aliphatic hydroxyl groups is 1. The Labute approximate surface area is 121 Å². The molecule has 0 radical (unpaired) electrons. The van der Waals surface area contributed by atoms with Crippen molar-refractivity contribution in [3.63, 3.8) is 0 Å². The van der Waals surface area contributed by atoms with E-state index in [-0.39, 0.29) is 6.04 Å². The van der Waals surface area contributed by atoms with Gasteiger partial charge in [-0.15, -0.1) is 0 Å². The zero-order chi connectivity index (χ0) is 14.6. The van der Waals surface area contributed by atoms with E-state index in [0.717, 1.165) is 11.1 Å². The molecule has 0 saturated carbocycles. The Kier molecular flexibility index (Phi) is 4.58. The summed E-state index contributed by atoms with van der Waals surface area (Å²) < 4.78 is 0. The third-order valence-electron chi connectivity index (χ3n) is 3.86. The average molecular weight is 269 g/mol. The Morgan fingerprint density at radius 2 is 1.25 bits per heavy atom. The molecule has 20 heavy (non-hydrogen) atoms. The molecule has 0 fully saturated rings. The molecule has 0 bridgehead atoms. The molecule has 0 amide bonds. The maximum absolute atomic E-state index is 11.5. The van der Waals surface area contributed by atoms with Gasteiger partial charge >= 0.3 is 0 Å². The van der Waals surface area contributed by atoms with E-state index in [1.54, 1.807) is 0 Å². The van der Waals surface area contributed by atoms with E-state index < -0.39 is 5.60 Å². The average Bonchev–Trinajstić information content (AvgIpc) is 2.49. The third-order valence-corrected chi connectivity index (χ3v) is 3.86. The second-order valence-corrected chi connectivity index (χ2v) is 5.51. The molecule has 2 heteroatoms. The number of nitrogens with one attached hydrogen (secondary N) is 1. The lowest BCUT2D eigenvalue weighted by molar-refractivity contribution is 0.0223.